The van der Waals surface area contributed by atoms with Gasteiger partial charge in [-0.15, -0.1) is 11.8 Å². The molecule has 8 nitrogen and oxygen atoms in total. The molecule has 5 rings (SSSR count). The molecule has 0 atom stereocenters. The molecule has 1 heterocycles. The normalized spacial score (nSPS) is 11.5. The predicted octanol–water partition coefficient (Wildman–Crippen LogP) is 7.00. The van der Waals surface area contributed by atoms with E-state index in [4.69, 9.17) is 0 Å². The van der Waals surface area contributed by atoms with Crippen molar-refractivity contribution in [3.63, 3.8) is 0 Å². The summed E-state index contributed by atoms with van der Waals surface area (Å²) in [6.07, 6.45) is 4.33. The van der Waals surface area contributed by atoms with E-state index in [0.29, 0.717) is 40.2 Å². The van der Waals surface area contributed by atoms with Crippen LogP contribution >= 0.6 is 11.8 Å². The van der Waals surface area contributed by atoms with Gasteiger partial charge in [-0.2, -0.15) is 0 Å². The van der Waals surface area contributed by atoms with Crippen molar-refractivity contribution >= 4 is 33.7 Å². The Morgan fingerprint density at radius 3 is 2.02 bits per heavy atom. The molecule has 0 radical (unpaired) electrons. The number of rotatable bonds is 13. The fraction of sp³-hybridized carbons (Fsp3) is 0.194. The number of hydrogen-bond acceptors (Lipinski definition) is 6. The van der Waals surface area contributed by atoms with Crippen LogP contribution < -0.4 is 4.72 Å². The van der Waals surface area contributed by atoms with Crippen LogP contribution in [-0.2, 0) is 27.8 Å². The average molecular weight is 654 g/mol. The molecule has 5 aromatic rings. The van der Waals surface area contributed by atoms with Crippen molar-refractivity contribution < 1.29 is 23.1 Å². The molecule has 1 amide bonds. The van der Waals surface area contributed by atoms with Crippen LogP contribution in [0.3, 0.4) is 0 Å². The maximum atomic E-state index is 13.8. The van der Waals surface area contributed by atoms with Crippen LogP contribution in [0.5, 0.6) is 0 Å². The van der Waals surface area contributed by atoms with E-state index in [1.54, 1.807) is 59.2 Å². The van der Waals surface area contributed by atoms with Gasteiger partial charge in [0.25, 0.3) is 10.0 Å². The third-order valence-electron chi connectivity index (χ3n) is 7.71. The molecule has 0 aliphatic rings. The average Bonchev–Trinajstić information content (AvgIpc) is 3.42. The first-order chi connectivity index (χ1) is 22.2. The van der Waals surface area contributed by atoms with Crippen LogP contribution in [0, 0.1) is 0 Å². The maximum Gasteiger partial charge on any atom is 0.355 e. The van der Waals surface area contributed by atoms with Gasteiger partial charge in [0.1, 0.15) is 10.9 Å². The summed E-state index contributed by atoms with van der Waals surface area (Å²) in [6, 6.07) is 32.0. The van der Waals surface area contributed by atoms with Gasteiger partial charge in [-0.25, -0.2) is 22.9 Å². The molecule has 4 aromatic carbocycles. The number of amides is 1. The van der Waals surface area contributed by atoms with Gasteiger partial charge < -0.3 is 9.67 Å². The van der Waals surface area contributed by atoms with Gasteiger partial charge in [-0.3, -0.25) is 4.79 Å². The molecule has 10 heteroatoms. The van der Waals surface area contributed by atoms with Crippen molar-refractivity contribution in [2.45, 2.75) is 48.6 Å². The summed E-state index contributed by atoms with van der Waals surface area (Å²) in [4.78, 5) is 30.4. The number of carboxylic acids is 1. The lowest BCUT2D eigenvalue weighted by atomic mass is 9.91. The zero-order valence-corrected chi connectivity index (χ0v) is 27.2. The molecule has 0 fully saturated rings. The third-order valence-corrected chi connectivity index (χ3v) is 9.79. The number of aromatic nitrogens is 2. The number of carbonyl (C=O) groups is 2. The summed E-state index contributed by atoms with van der Waals surface area (Å²) in [6.45, 7) is 2.39. The number of carbonyl (C=O) groups excluding carboxylic acids is 1. The zero-order chi connectivity index (χ0) is 32.7. The number of aryl methyl sites for hydroxylation is 1. The summed E-state index contributed by atoms with van der Waals surface area (Å²) in [5.74, 6) is -1.78. The van der Waals surface area contributed by atoms with Gasteiger partial charge in [0, 0.05) is 18.5 Å². The molecule has 0 spiro atoms. The standard InChI is InChI=1S/C36H35N3O5S2/c1-3-4-19-31-37-35(45-2)33(36(41)42)39(31)24-25-20-22-26(23-21-25)29-17-11-12-18-30(29)46(43,44)38-34(40)32(27-13-7-5-8-14-27)28-15-9-6-10-16-28/h5-18,20-23,32H,3-4,19,24H2,1-2H3,(H,38,40)(H,41,42). The van der Waals surface area contributed by atoms with Crippen molar-refractivity contribution in [1.82, 2.24) is 14.3 Å². The number of unbranched alkanes of at least 4 members (excludes halogenated alkanes) is 1. The van der Waals surface area contributed by atoms with E-state index in [2.05, 4.69) is 16.6 Å². The highest BCUT2D eigenvalue weighted by molar-refractivity contribution is 7.98. The van der Waals surface area contributed by atoms with Crippen LogP contribution in [-0.4, -0.2) is 41.2 Å². The maximum absolute atomic E-state index is 13.8. The highest BCUT2D eigenvalue weighted by Crippen LogP contribution is 2.30. The Labute approximate surface area is 273 Å². The molecular formula is C36H35N3O5S2. The van der Waals surface area contributed by atoms with Crippen LogP contribution in [0.1, 0.15) is 58.7 Å². The Bertz CT molecular complexity index is 1880. The summed E-state index contributed by atoms with van der Waals surface area (Å²) < 4.78 is 31.6. The Morgan fingerprint density at radius 2 is 1.46 bits per heavy atom. The Morgan fingerprint density at radius 1 is 0.870 bits per heavy atom. The number of imidazole rings is 1. The second-order valence-corrected chi connectivity index (χ2v) is 13.2. The third kappa shape index (κ3) is 7.24. The van der Waals surface area contributed by atoms with E-state index in [-0.39, 0.29) is 10.6 Å². The molecule has 46 heavy (non-hydrogen) atoms. The molecule has 0 bridgehead atoms. The van der Waals surface area contributed by atoms with E-state index in [1.165, 1.54) is 17.8 Å². The van der Waals surface area contributed by atoms with Crippen LogP contribution in [0.15, 0.2) is 119 Å². The number of hydrogen-bond donors (Lipinski definition) is 2. The topological polar surface area (TPSA) is 118 Å². The first-order valence-electron chi connectivity index (χ1n) is 14.9. The summed E-state index contributed by atoms with van der Waals surface area (Å²) in [5, 5.41) is 10.4. The monoisotopic (exact) mass is 653 g/mol. The number of nitrogens with zero attached hydrogens (tertiary/aromatic N) is 2. The zero-order valence-electron chi connectivity index (χ0n) is 25.6. The first kappa shape index (κ1) is 32.7. The van der Waals surface area contributed by atoms with E-state index in [0.717, 1.165) is 24.2 Å². The van der Waals surface area contributed by atoms with Crippen LogP contribution in [0.25, 0.3) is 11.1 Å². The highest BCUT2D eigenvalue weighted by atomic mass is 32.2. The second kappa shape index (κ2) is 14.6. The second-order valence-electron chi connectivity index (χ2n) is 10.8. The summed E-state index contributed by atoms with van der Waals surface area (Å²) in [7, 11) is -4.27. The van der Waals surface area contributed by atoms with Crippen molar-refractivity contribution in [3.05, 3.63) is 137 Å². The van der Waals surface area contributed by atoms with Crippen molar-refractivity contribution in [2.24, 2.45) is 0 Å². The number of carboxylic acid groups (broad SMARTS) is 1. The van der Waals surface area contributed by atoms with Crippen LogP contribution in [0.2, 0.25) is 0 Å². The molecule has 1 aromatic heterocycles. The summed E-state index contributed by atoms with van der Waals surface area (Å²) in [5.41, 5.74) is 3.44. The Kier molecular flexibility index (Phi) is 10.4. The van der Waals surface area contributed by atoms with E-state index in [9.17, 15) is 23.1 Å². The van der Waals surface area contributed by atoms with Gasteiger partial charge in [-0.05, 0) is 41.0 Å². The fourth-order valence-electron chi connectivity index (χ4n) is 5.46. The lowest BCUT2D eigenvalue weighted by Gasteiger charge is -2.19. The molecule has 0 aliphatic heterocycles. The minimum absolute atomic E-state index is 0.0230. The molecule has 236 valence electrons. The number of benzene rings is 4. The first-order valence-corrected chi connectivity index (χ1v) is 17.7. The van der Waals surface area contributed by atoms with Crippen LogP contribution in [0.4, 0.5) is 0 Å². The molecule has 0 aliphatic carbocycles. The minimum atomic E-state index is -4.27. The smallest absolute Gasteiger partial charge is 0.355 e. The predicted molar refractivity (Wildman–Crippen MR) is 181 cm³/mol. The van der Waals surface area contributed by atoms with E-state index >= 15 is 0 Å². The molecule has 0 saturated carbocycles. The lowest BCUT2D eigenvalue weighted by Crippen LogP contribution is -2.35. The quantitative estimate of drug-likeness (QED) is 0.131. The van der Waals surface area contributed by atoms with Crippen molar-refractivity contribution in [1.29, 1.82) is 0 Å². The van der Waals surface area contributed by atoms with Crippen molar-refractivity contribution in [2.75, 3.05) is 6.26 Å². The number of nitrogens with one attached hydrogen (secondary N) is 1. The van der Waals surface area contributed by atoms with E-state index < -0.39 is 27.8 Å². The van der Waals surface area contributed by atoms with Gasteiger partial charge in [-0.1, -0.05) is 116 Å². The van der Waals surface area contributed by atoms with Gasteiger partial charge in [0.05, 0.1) is 10.8 Å². The molecular weight excluding hydrogens is 619 g/mol. The molecule has 2 N–H and O–H groups in total. The Hall–Kier alpha value is -4.67. The molecule has 0 saturated heterocycles. The van der Waals surface area contributed by atoms with E-state index in [1.807, 2.05) is 54.8 Å². The largest absolute Gasteiger partial charge is 0.476 e. The number of aromatic carboxylic acids is 1. The SMILES string of the molecule is CCCCc1nc(SC)c(C(=O)O)n1Cc1ccc(-c2ccccc2S(=O)(=O)NC(=O)C(c2ccccc2)c2ccccc2)cc1. The fourth-order valence-corrected chi connectivity index (χ4v) is 7.28. The van der Waals surface area contributed by atoms with Gasteiger partial charge in [0.15, 0.2) is 5.69 Å². The highest BCUT2D eigenvalue weighted by Gasteiger charge is 2.29. The lowest BCUT2D eigenvalue weighted by molar-refractivity contribution is -0.119. The summed E-state index contributed by atoms with van der Waals surface area (Å²) >= 11 is 1.31. The minimum Gasteiger partial charge on any atom is -0.476 e. The van der Waals surface area contributed by atoms with Gasteiger partial charge >= 0.3 is 5.97 Å². The van der Waals surface area contributed by atoms with Crippen molar-refractivity contribution in [3.8, 4) is 11.1 Å². The number of sulfonamides is 1. The Balaban J connectivity index is 1.43. The molecule has 0 unspecified atom stereocenters. The number of thioether (sulfide) groups is 1. The van der Waals surface area contributed by atoms with Gasteiger partial charge in [0.2, 0.25) is 5.91 Å².